The predicted molar refractivity (Wildman–Crippen MR) is 58.3 cm³/mol. The first kappa shape index (κ1) is 10.6. The lowest BCUT2D eigenvalue weighted by molar-refractivity contribution is 0.173. The van der Waals surface area contributed by atoms with Gasteiger partial charge in [-0.25, -0.2) is 4.79 Å². The second-order valence-electron chi connectivity index (χ2n) is 3.66. The summed E-state index contributed by atoms with van der Waals surface area (Å²) in [5, 5.41) is 3.69. The number of carbonyl (C=O) groups excluding carboxylic acids is 1. The van der Waals surface area contributed by atoms with Crippen LogP contribution in [0, 0.1) is 0 Å². The van der Waals surface area contributed by atoms with Gasteiger partial charge >= 0.3 is 6.09 Å². The molecule has 3 nitrogen and oxygen atoms in total. The van der Waals surface area contributed by atoms with Crippen LogP contribution in [0.15, 0.2) is 18.2 Å². The van der Waals surface area contributed by atoms with Crippen molar-refractivity contribution in [2.75, 3.05) is 6.61 Å². The van der Waals surface area contributed by atoms with Crippen LogP contribution in [0.4, 0.5) is 4.79 Å². The first-order valence-corrected chi connectivity index (χ1v) is 5.17. The molecule has 0 radical (unpaired) electrons. The number of alkyl carbamates (subject to hydrolysis) is 1. The average molecular weight is 246 g/mol. The Morgan fingerprint density at radius 3 is 2.67 bits per heavy atom. The Morgan fingerprint density at radius 2 is 2.13 bits per heavy atom. The van der Waals surface area contributed by atoms with E-state index >= 15 is 0 Å². The van der Waals surface area contributed by atoms with Crippen LogP contribution < -0.4 is 5.32 Å². The molecule has 1 saturated heterocycles. The number of hydrogen-bond acceptors (Lipinski definition) is 2. The third kappa shape index (κ3) is 1.90. The van der Waals surface area contributed by atoms with Crippen molar-refractivity contribution < 1.29 is 9.53 Å². The van der Waals surface area contributed by atoms with Crippen LogP contribution in [0.5, 0.6) is 0 Å². The zero-order chi connectivity index (χ0) is 11.1. The van der Waals surface area contributed by atoms with Crippen molar-refractivity contribution in [3.63, 3.8) is 0 Å². The minimum atomic E-state index is -0.523. The van der Waals surface area contributed by atoms with Crippen LogP contribution in [-0.2, 0) is 10.3 Å². The van der Waals surface area contributed by atoms with Gasteiger partial charge in [0.25, 0.3) is 0 Å². The summed E-state index contributed by atoms with van der Waals surface area (Å²) in [5.41, 5.74) is 0.355. The Hall–Kier alpha value is -0.930. The van der Waals surface area contributed by atoms with Gasteiger partial charge in [0.15, 0.2) is 0 Å². The summed E-state index contributed by atoms with van der Waals surface area (Å²) < 4.78 is 4.87. The van der Waals surface area contributed by atoms with Gasteiger partial charge in [0.05, 0.1) is 15.6 Å². The van der Waals surface area contributed by atoms with Crippen molar-refractivity contribution in [3.8, 4) is 0 Å². The lowest BCUT2D eigenvalue weighted by atomic mass is 9.94. The number of carbonyl (C=O) groups is 1. The minimum absolute atomic E-state index is 0.295. The molecule has 2 rings (SSSR count). The fraction of sp³-hybridized carbons (Fsp3) is 0.300. The monoisotopic (exact) mass is 245 g/mol. The number of hydrogen-bond donors (Lipinski definition) is 1. The van der Waals surface area contributed by atoms with E-state index in [1.807, 2.05) is 13.0 Å². The average Bonchev–Trinajstić information content (AvgIpc) is 2.52. The largest absolute Gasteiger partial charge is 0.447 e. The molecule has 1 aliphatic heterocycles. The standard InChI is InChI=1S/C10H9Cl2NO2/c1-10(5-15-9(14)13-10)6-2-3-7(11)8(12)4-6/h2-4H,5H2,1H3,(H,13,14). The smallest absolute Gasteiger partial charge is 0.408 e. The molecule has 1 aromatic rings. The van der Waals surface area contributed by atoms with Crippen molar-refractivity contribution >= 4 is 29.3 Å². The van der Waals surface area contributed by atoms with E-state index in [1.165, 1.54) is 0 Å². The number of cyclic esters (lactones) is 1. The molecule has 0 bridgehead atoms. The topological polar surface area (TPSA) is 38.3 Å². The Kier molecular flexibility index (Phi) is 2.52. The van der Waals surface area contributed by atoms with Crippen LogP contribution in [0.1, 0.15) is 12.5 Å². The van der Waals surface area contributed by atoms with Gasteiger partial charge in [0, 0.05) is 0 Å². The Balaban J connectivity index is 2.37. The lowest BCUT2D eigenvalue weighted by Crippen LogP contribution is -2.37. The maximum atomic E-state index is 11.0. The highest BCUT2D eigenvalue weighted by Gasteiger charge is 2.36. The SMILES string of the molecule is CC1(c2ccc(Cl)c(Cl)c2)COC(=O)N1. The fourth-order valence-corrected chi connectivity index (χ4v) is 1.80. The second kappa shape index (κ2) is 3.58. The number of halogens is 2. The van der Waals surface area contributed by atoms with Crippen molar-refractivity contribution in [3.05, 3.63) is 33.8 Å². The third-order valence-corrected chi connectivity index (χ3v) is 3.17. The maximum Gasteiger partial charge on any atom is 0.408 e. The molecule has 0 saturated carbocycles. The van der Waals surface area contributed by atoms with Crippen LogP contribution in [0.3, 0.4) is 0 Å². The van der Waals surface area contributed by atoms with E-state index in [2.05, 4.69) is 5.32 Å². The predicted octanol–water partition coefficient (Wildman–Crippen LogP) is 2.95. The number of benzene rings is 1. The molecule has 1 amide bonds. The van der Waals surface area contributed by atoms with Gasteiger partial charge in [-0.15, -0.1) is 0 Å². The van der Waals surface area contributed by atoms with Crippen LogP contribution in [-0.4, -0.2) is 12.7 Å². The van der Waals surface area contributed by atoms with Crippen molar-refractivity contribution in [1.29, 1.82) is 0 Å². The van der Waals surface area contributed by atoms with E-state index in [0.717, 1.165) is 5.56 Å². The van der Waals surface area contributed by atoms with Gasteiger partial charge in [-0.2, -0.15) is 0 Å². The lowest BCUT2D eigenvalue weighted by Gasteiger charge is -2.21. The molecule has 15 heavy (non-hydrogen) atoms. The van der Waals surface area contributed by atoms with Gasteiger partial charge in [0.1, 0.15) is 6.61 Å². The Bertz CT molecular complexity index is 422. The van der Waals surface area contributed by atoms with E-state index in [9.17, 15) is 4.79 Å². The first-order chi connectivity index (χ1) is 7.01. The minimum Gasteiger partial charge on any atom is -0.447 e. The highest BCUT2D eigenvalue weighted by Crippen LogP contribution is 2.30. The molecule has 80 valence electrons. The molecule has 1 aliphatic rings. The molecule has 1 atom stereocenters. The molecular formula is C10H9Cl2NO2. The van der Waals surface area contributed by atoms with Crippen molar-refractivity contribution in [1.82, 2.24) is 5.32 Å². The molecule has 1 aromatic carbocycles. The highest BCUT2D eigenvalue weighted by atomic mass is 35.5. The van der Waals surface area contributed by atoms with E-state index in [0.29, 0.717) is 16.7 Å². The van der Waals surface area contributed by atoms with Crippen LogP contribution >= 0.6 is 23.2 Å². The van der Waals surface area contributed by atoms with E-state index < -0.39 is 11.6 Å². The summed E-state index contributed by atoms with van der Waals surface area (Å²) in [6, 6.07) is 5.26. The molecule has 1 unspecified atom stereocenters. The number of nitrogens with one attached hydrogen (secondary N) is 1. The summed E-state index contributed by atoms with van der Waals surface area (Å²) in [4.78, 5) is 11.0. The normalized spacial score (nSPS) is 24.9. The van der Waals surface area contributed by atoms with Gasteiger partial charge < -0.3 is 10.1 Å². The van der Waals surface area contributed by atoms with Crippen LogP contribution in [0.2, 0.25) is 10.0 Å². The molecule has 0 spiro atoms. The summed E-state index contributed by atoms with van der Waals surface area (Å²) in [6.07, 6.45) is -0.413. The number of amides is 1. The van der Waals surface area contributed by atoms with Gasteiger partial charge in [-0.3, -0.25) is 0 Å². The molecule has 1 heterocycles. The number of ether oxygens (including phenoxy) is 1. The van der Waals surface area contributed by atoms with Crippen molar-refractivity contribution in [2.45, 2.75) is 12.5 Å². The molecule has 0 aromatic heterocycles. The van der Waals surface area contributed by atoms with Gasteiger partial charge in [-0.05, 0) is 24.6 Å². The maximum absolute atomic E-state index is 11.0. The zero-order valence-electron chi connectivity index (χ0n) is 8.01. The Labute approximate surface area is 97.3 Å². The summed E-state index contributed by atoms with van der Waals surface area (Å²) in [6.45, 7) is 2.17. The van der Waals surface area contributed by atoms with E-state index in [4.69, 9.17) is 27.9 Å². The zero-order valence-corrected chi connectivity index (χ0v) is 9.52. The molecular weight excluding hydrogens is 237 g/mol. The molecule has 1 fully saturated rings. The summed E-state index contributed by atoms with van der Waals surface area (Å²) in [5.74, 6) is 0. The summed E-state index contributed by atoms with van der Waals surface area (Å²) >= 11 is 11.7. The second-order valence-corrected chi connectivity index (χ2v) is 4.48. The summed E-state index contributed by atoms with van der Waals surface area (Å²) in [7, 11) is 0. The molecule has 5 heteroatoms. The highest BCUT2D eigenvalue weighted by molar-refractivity contribution is 6.42. The Morgan fingerprint density at radius 1 is 1.40 bits per heavy atom. The van der Waals surface area contributed by atoms with E-state index in [1.54, 1.807) is 12.1 Å². The number of rotatable bonds is 1. The van der Waals surface area contributed by atoms with E-state index in [-0.39, 0.29) is 0 Å². The molecule has 1 N–H and O–H groups in total. The first-order valence-electron chi connectivity index (χ1n) is 4.42. The third-order valence-electron chi connectivity index (χ3n) is 2.43. The van der Waals surface area contributed by atoms with Crippen LogP contribution in [0.25, 0.3) is 0 Å². The van der Waals surface area contributed by atoms with Gasteiger partial charge in [-0.1, -0.05) is 29.3 Å². The van der Waals surface area contributed by atoms with Crippen molar-refractivity contribution in [2.24, 2.45) is 0 Å². The molecule has 0 aliphatic carbocycles. The van der Waals surface area contributed by atoms with Gasteiger partial charge in [0.2, 0.25) is 0 Å². The quantitative estimate of drug-likeness (QED) is 0.827. The fourth-order valence-electron chi connectivity index (χ4n) is 1.50.